The Bertz CT molecular complexity index is 185. The summed E-state index contributed by atoms with van der Waals surface area (Å²) in [7, 11) is 1.70. The molecule has 2 heteroatoms. The van der Waals surface area contributed by atoms with Gasteiger partial charge in [0.15, 0.2) is 0 Å². The number of likely N-dealkylation sites (N-methyl/N-ethyl adjacent to an activating group) is 1. The lowest BCUT2D eigenvalue weighted by Crippen LogP contribution is -2.20. The Morgan fingerprint density at radius 3 is 2.36 bits per heavy atom. The third-order valence-corrected chi connectivity index (χ3v) is 2.27. The molecule has 0 saturated carbocycles. The van der Waals surface area contributed by atoms with Gasteiger partial charge in [0.1, 0.15) is 0 Å². The van der Waals surface area contributed by atoms with Crippen molar-refractivity contribution in [2.45, 2.75) is 52.4 Å². The van der Waals surface area contributed by atoms with Crippen LogP contribution in [0.5, 0.6) is 0 Å². The van der Waals surface area contributed by atoms with Crippen LogP contribution >= 0.6 is 0 Å². The first-order chi connectivity index (χ1) is 6.76. The van der Waals surface area contributed by atoms with Gasteiger partial charge in [-0.2, -0.15) is 0 Å². The van der Waals surface area contributed by atoms with E-state index in [4.69, 9.17) is 0 Å². The summed E-state index contributed by atoms with van der Waals surface area (Å²) in [5.41, 5.74) is 0.961. The van der Waals surface area contributed by atoms with Gasteiger partial charge in [-0.3, -0.25) is 4.79 Å². The molecule has 0 radical (unpaired) electrons. The summed E-state index contributed by atoms with van der Waals surface area (Å²) in [5.74, 6) is 0.0922. The molecule has 82 valence electrons. The lowest BCUT2D eigenvalue weighted by Gasteiger charge is -2.05. The molecule has 2 nitrogen and oxygen atoms in total. The minimum absolute atomic E-state index is 0.0922. The van der Waals surface area contributed by atoms with Gasteiger partial charge >= 0.3 is 0 Å². The Kier molecular flexibility index (Phi) is 8.30. The summed E-state index contributed by atoms with van der Waals surface area (Å²) in [6.45, 7) is 4.31. The van der Waals surface area contributed by atoms with E-state index in [9.17, 15) is 4.79 Å². The summed E-state index contributed by atoms with van der Waals surface area (Å²) in [6.07, 6.45) is 8.65. The zero-order chi connectivity index (χ0) is 10.8. The van der Waals surface area contributed by atoms with E-state index in [0.29, 0.717) is 0 Å². The zero-order valence-corrected chi connectivity index (χ0v) is 9.73. The molecule has 0 aliphatic heterocycles. The van der Waals surface area contributed by atoms with Crippen LogP contribution in [0.25, 0.3) is 0 Å². The molecule has 0 fully saturated rings. The molecule has 0 unspecified atom stereocenters. The van der Waals surface area contributed by atoms with Gasteiger partial charge in [0.2, 0.25) is 5.91 Å². The molecule has 0 aromatic carbocycles. The van der Waals surface area contributed by atoms with Crippen molar-refractivity contribution in [3.05, 3.63) is 11.6 Å². The number of nitrogens with one attached hydrogen (secondary N) is 1. The summed E-state index contributed by atoms with van der Waals surface area (Å²) in [4.78, 5) is 11.4. The SMILES string of the molecule is CCCCC=C(CCCC)C(=O)NC. The summed E-state index contributed by atoms with van der Waals surface area (Å²) >= 11 is 0. The molecule has 0 atom stereocenters. The molecule has 14 heavy (non-hydrogen) atoms. The van der Waals surface area contributed by atoms with Crippen LogP contribution in [-0.2, 0) is 4.79 Å². The Hall–Kier alpha value is -0.790. The topological polar surface area (TPSA) is 29.1 Å². The minimum atomic E-state index is 0.0922. The molecule has 0 saturated heterocycles. The van der Waals surface area contributed by atoms with Crippen LogP contribution in [0, 0.1) is 0 Å². The monoisotopic (exact) mass is 197 g/mol. The van der Waals surface area contributed by atoms with Gasteiger partial charge in [0, 0.05) is 12.6 Å². The van der Waals surface area contributed by atoms with Crippen molar-refractivity contribution in [1.29, 1.82) is 0 Å². The number of amides is 1. The van der Waals surface area contributed by atoms with Gasteiger partial charge < -0.3 is 5.32 Å². The molecule has 0 spiro atoms. The van der Waals surface area contributed by atoms with Gasteiger partial charge in [-0.1, -0.05) is 39.2 Å². The first-order valence-electron chi connectivity index (χ1n) is 5.67. The van der Waals surface area contributed by atoms with Gasteiger partial charge in [-0.15, -0.1) is 0 Å². The second-order valence-corrected chi connectivity index (χ2v) is 3.55. The van der Waals surface area contributed by atoms with Crippen LogP contribution < -0.4 is 5.32 Å². The lowest BCUT2D eigenvalue weighted by molar-refractivity contribution is -0.117. The van der Waals surface area contributed by atoms with E-state index in [0.717, 1.165) is 31.3 Å². The fourth-order valence-corrected chi connectivity index (χ4v) is 1.32. The number of carbonyl (C=O) groups is 1. The van der Waals surface area contributed by atoms with Gasteiger partial charge in [0.05, 0.1) is 0 Å². The maximum atomic E-state index is 11.4. The van der Waals surface area contributed by atoms with E-state index >= 15 is 0 Å². The van der Waals surface area contributed by atoms with E-state index < -0.39 is 0 Å². The van der Waals surface area contributed by atoms with Crippen molar-refractivity contribution in [1.82, 2.24) is 5.32 Å². The van der Waals surface area contributed by atoms with Crippen LogP contribution in [0.15, 0.2) is 11.6 Å². The highest BCUT2D eigenvalue weighted by Gasteiger charge is 2.05. The minimum Gasteiger partial charge on any atom is -0.355 e. The van der Waals surface area contributed by atoms with E-state index in [2.05, 4.69) is 25.2 Å². The first kappa shape index (κ1) is 13.2. The number of allylic oxidation sites excluding steroid dienone is 1. The molecule has 1 N–H and O–H groups in total. The Morgan fingerprint density at radius 1 is 1.21 bits per heavy atom. The Labute approximate surface area is 87.8 Å². The van der Waals surface area contributed by atoms with Crippen molar-refractivity contribution in [3.63, 3.8) is 0 Å². The van der Waals surface area contributed by atoms with E-state index in [1.807, 2.05) is 0 Å². The molecular formula is C12H23NO. The molecule has 0 bridgehead atoms. The van der Waals surface area contributed by atoms with E-state index in [1.165, 1.54) is 12.8 Å². The van der Waals surface area contributed by atoms with Crippen LogP contribution in [0.3, 0.4) is 0 Å². The number of unbranched alkanes of at least 4 members (excludes halogenated alkanes) is 3. The van der Waals surface area contributed by atoms with Crippen molar-refractivity contribution in [3.8, 4) is 0 Å². The van der Waals surface area contributed by atoms with Crippen LogP contribution in [0.2, 0.25) is 0 Å². The zero-order valence-electron chi connectivity index (χ0n) is 9.73. The van der Waals surface area contributed by atoms with Gasteiger partial charge in [-0.05, 0) is 19.3 Å². The van der Waals surface area contributed by atoms with Crippen molar-refractivity contribution in [2.75, 3.05) is 7.05 Å². The van der Waals surface area contributed by atoms with Crippen LogP contribution in [0.1, 0.15) is 52.4 Å². The van der Waals surface area contributed by atoms with Crippen LogP contribution in [0.4, 0.5) is 0 Å². The highest BCUT2D eigenvalue weighted by atomic mass is 16.1. The van der Waals surface area contributed by atoms with Crippen LogP contribution in [-0.4, -0.2) is 13.0 Å². The van der Waals surface area contributed by atoms with E-state index in [1.54, 1.807) is 7.05 Å². The maximum absolute atomic E-state index is 11.4. The second-order valence-electron chi connectivity index (χ2n) is 3.55. The molecule has 1 amide bonds. The first-order valence-corrected chi connectivity index (χ1v) is 5.67. The van der Waals surface area contributed by atoms with Crippen molar-refractivity contribution in [2.24, 2.45) is 0 Å². The summed E-state index contributed by atoms with van der Waals surface area (Å²) < 4.78 is 0. The van der Waals surface area contributed by atoms with Crippen molar-refractivity contribution >= 4 is 5.91 Å². The molecule has 0 aromatic heterocycles. The normalized spacial score (nSPS) is 11.5. The third kappa shape index (κ3) is 5.79. The molecule has 0 aliphatic rings. The maximum Gasteiger partial charge on any atom is 0.246 e. The summed E-state index contributed by atoms with van der Waals surface area (Å²) in [5, 5.41) is 2.69. The molecule has 0 heterocycles. The van der Waals surface area contributed by atoms with Gasteiger partial charge in [0.25, 0.3) is 0 Å². The number of hydrogen-bond acceptors (Lipinski definition) is 1. The number of hydrogen-bond donors (Lipinski definition) is 1. The Morgan fingerprint density at radius 2 is 1.86 bits per heavy atom. The fraction of sp³-hybridized carbons (Fsp3) is 0.750. The average molecular weight is 197 g/mol. The quantitative estimate of drug-likeness (QED) is 0.493. The highest BCUT2D eigenvalue weighted by Crippen LogP contribution is 2.10. The van der Waals surface area contributed by atoms with Crippen molar-refractivity contribution < 1.29 is 4.79 Å². The predicted octanol–water partition coefficient (Wildman–Crippen LogP) is 3.04. The summed E-state index contributed by atoms with van der Waals surface area (Å²) in [6, 6.07) is 0. The molecule has 0 rings (SSSR count). The average Bonchev–Trinajstić information content (AvgIpc) is 2.22. The third-order valence-electron chi connectivity index (χ3n) is 2.27. The van der Waals surface area contributed by atoms with Gasteiger partial charge in [-0.25, -0.2) is 0 Å². The predicted molar refractivity (Wildman–Crippen MR) is 61.2 cm³/mol. The largest absolute Gasteiger partial charge is 0.355 e. The van der Waals surface area contributed by atoms with E-state index in [-0.39, 0.29) is 5.91 Å². The Balaban J connectivity index is 4.08. The molecule has 0 aliphatic carbocycles. The smallest absolute Gasteiger partial charge is 0.246 e. The fourth-order valence-electron chi connectivity index (χ4n) is 1.32. The lowest BCUT2D eigenvalue weighted by atomic mass is 10.1. The number of rotatable bonds is 7. The molecule has 0 aromatic rings. The highest BCUT2D eigenvalue weighted by molar-refractivity contribution is 5.93. The molecular weight excluding hydrogens is 174 g/mol. The standard InChI is InChI=1S/C12H23NO/c1-4-6-8-10-11(9-7-5-2)12(14)13-3/h10H,4-9H2,1-3H3,(H,13,14). The number of carbonyl (C=O) groups excluding carboxylic acids is 1. The second kappa shape index (κ2) is 8.79.